The minimum absolute atomic E-state index is 0.588. The predicted octanol–water partition coefficient (Wildman–Crippen LogP) is 1.98. The van der Waals surface area contributed by atoms with Crippen molar-refractivity contribution in [3.63, 3.8) is 0 Å². The Morgan fingerprint density at radius 2 is 2.00 bits per heavy atom. The number of hydrogen-bond acceptors (Lipinski definition) is 3. The summed E-state index contributed by atoms with van der Waals surface area (Å²) >= 11 is 0. The molecule has 3 heteroatoms. The molecule has 0 aliphatic rings. The lowest BCUT2D eigenvalue weighted by Gasteiger charge is -2.20. The number of anilines is 2. The van der Waals surface area contributed by atoms with Crippen LogP contribution in [0.4, 0.5) is 11.4 Å². The molecule has 0 atom stereocenters. The highest BCUT2D eigenvalue weighted by atomic mass is 15.0. The molecule has 1 aromatic carbocycles. The number of nitrogens with one attached hydrogen (secondary N) is 1. The normalized spacial score (nSPS) is 10.5. The van der Waals surface area contributed by atoms with Crippen molar-refractivity contribution in [3.05, 3.63) is 24.3 Å². The minimum atomic E-state index is -0.588. The monoisotopic (exact) mass is 175 g/mol. The third-order valence-electron chi connectivity index (χ3n) is 1.69. The molecule has 3 nitrogen and oxygen atoms in total. The standard InChI is InChI=1S/C10H13N3/c1-10(2,7-11)13-9-6-4-3-5-8(9)12/h3-6,13H,12H2,1-2H3. The lowest BCUT2D eigenvalue weighted by molar-refractivity contribution is 0.729. The van der Waals surface area contributed by atoms with Gasteiger partial charge in [-0.2, -0.15) is 5.26 Å². The molecule has 3 N–H and O–H groups in total. The Hall–Kier alpha value is -1.69. The van der Waals surface area contributed by atoms with E-state index in [9.17, 15) is 0 Å². The van der Waals surface area contributed by atoms with Gasteiger partial charge in [0.05, 0.1) is 17.4 Å². The number of para-hydroxylation sites is 2. The molecule has 1 aromatic rings. The second-order valence-corrected chi connectivity index (χ2v) is 3.45. The Morgan fingerprint density at radius 1 is 1.38 bits per heavy atom. The van der Waals surface area contributed by atoms with E-state index >= 15 is 0 Å². The summed E-state index contributed by atoms with van der Waals surface area (Å²) in [5.74, 6) is 0. The molecular weight excluding hydrogens is 162 g/mol. The molecule has 0 saturated carbocycles. The van der Waals surface area contributed by atoms with Crippen LogP contribution < -0.4 is 11.1 Å². The molecule has 0 bridgehead atoms. The van der Waals surface area contributed by atoms with E-state index in [-0.39, 0.29) is 0 Å². The Labute approximate surface area is 78.2 Å². The van der Waals surface area contributed by atoms with Gasteiger partial charge in [-0.1, -0.05) is 12.1 Å². The first kappa shape index (κ1) is 9.40. The maximum atomic E-state index is 8.79. The third kappa shape index (κ3) is 2.38. The van der Waals surface area contributed by atoms with E-state index in [2.05, 4.69) is 11.4 Å². The van der Waals surface area contributed by atoms with Gasteiger partial charge in [0.15, 0.2) is 0 Å². The zero-order valence-corrected chi connectivity index (χ0v) is 7.83. The highest BCUT2D eigenvalue weighted by Crippen LogP contribution is 2.20. The van der Waals surface area contributed by atoms with Gasteiger partial charge in [-0.25, -0.2) is 0 Å². The average Bonchev–Trinajstić information content (AvgIpc) is 2.09. The van der Waals surface area contributed by atoms with Crippen molar-refractivity contribution in [2.24, 2.45) is 0 Å². The van der Waals surface area contributed by atoms with Gasteiger partial charge in [0, 0.05) is 0 Å². The van der Waals surface area contributed by atoms with E-state index in [0.29, 0.717) is 5.69 Å². The third-order valence-corrected chi connectivity index (χ3v) is 1.69. The molecule has 0 heterocycles. The number of nitrogens with zero attached hydrogens (tertiary/aromatic N) is 1. The van der Waals surface area contributed by atoms with Crippen LogP contribution in [-0.4, -0.2) is 5.54 Å². The Morgan fingerprint density at radius 3 is 2.54 bits per heavy atom. The van der Waals surface area contributed by atoms with E-state index in [1.165, 1.54) is 0 Å². The molecule has 0 radical (unpaired) electrons. The smallest absolute Gasteiger partial charge is 0.119 e. The summed E-state index contributed by atoms with van der Waals surface area (Å²) in [5.41, 5.74) is 6.58. The highest BCUT2D eigenvalue weighted by molar-refractivity contribution is 5.67. The molecule has 13 heavy (non-hydrogen) atoms. The minimum Gasteiger partial charge on any atom is -0.397 e. The number of rotatable bonds is 2. The first-order chi connectivity index (χ1) is 6.05. The van der Waals surface area contributed by atoms with Crippen molar-refractivity contribution in [2.75, 3.05) is 11.1 Å². The van der Waals surface area contributed by atoms with Crippen molar-refractivity contribution < 1.29 is 0 Å². The van der Waals surface area contributed by atoms with E-state index in [1.54, 1.807) is 19.9 Å². The van der Waals surface area contributed by atoms with Crippen LogP contribution in [0, 0.1) is 11.3 Å². The molecule has 0 unspecified atom stereocenters. The fraction of sp³-hybridized carbons (Fsp3) is 0.300. The van der Waals surface area contributed by atoms with Gasteiger partial charge in [-0.15, -0.1) is 0 Å². The number of hydrogen-bond donors (Lipinski definition) is 2. The van der Waals surface area contributed by atoms with Crippen LogP contribution in [0.1, 0.15) is 13.8 Å². The predicted molar refractivity (Wildman–Crippen MR) is 54.2 cm³/mol. The molecule has 1 rings (SSSR count). The van der Waals surface area contributed by atoms with Gasteiger partial charge in [0.2, 0.25) is 0 Å². The summed E-state index contributed by atoms with van der Waals surface area (Å²) in [6.07, 6.45) is 0. The number of nitriles is 1. The van der Waals surface area contributed by atoms with Crippen molar-refractivity contribution in [2.45, 2.75) is 19.4 Å². The SMILES string of the molecule is CC(C)(C#N)Nc1ccccc1N. The van der Waals surface area contributed by atoms with Gasteiger partial charge in [0.1, 0.15) is 5.54 Å². The van der Waals surface area contributed by atoms with E-state index < -0.39 is 5.54 Å². The molecule has 0 fully saturated rings. The van der Waals surface area contributed by atoms with Crippen LogP contribution in [0.2, 0.25) is 0 Å². The summed E-state index contributed by atoms with van der Waals surface area (Å²) in [5, 5.41) is 11.8. The molecule has 0 aliphatic carbocycles. The topological polar surface area (TPSA) is 61.8 Å². The fourth-order valence-electron chi connectivity index (χ4n) is 0.975. The number of nitrogens with two attached hydrogens (primary N) is 1. The van der Waals surface area contributed by atoms with Crippen LogP contribution in [0.5, 0.6) is 0 Å². The quantitative estimate of drug-likeness (QED) is 0.675. The van der Waals surface area contributed by atoms with Gasteiger partial charge in [-0.3, -0.25) is 0 Å². The zero-order valence-electron chi connectivity index (χ0n) is 7.83. The molecule has 0 aromatic heterocycles. The van der Waals surface area contributed by atoms with Gasteiger partial charge >= 0.3 is 0 Å². The average molecular weight is 175 g/mol. The lowest BCUT2D eigenvalue weighted by Crippen LogP contribution is -2.28. The first-order valence-electron chi connectivity index (χ1n) is 4.09. The maximum absolute atomic E-state index is 8.79. The summed E-state index contributed by atoms with van der Waals surface area (Å²) < 4.78 is 0. The summed E-state index contributed by atoms with van der Waals surface area (Å²) in [6, 6.07) is 9.55. The zero-order chi connectivity index (χ0) is 9.90. The van der Waals surface area contributed by atoms with Crippen molar-refractivity contribution >= 4 is 11.4 Å². The van der Waals surface area contributed by atoms with E-state index in [4.69, 9.17) is 11.0 Å². The largest absolute Gasteiger partial charge is 0.397 e. The molecule has 0 amide bonds. The number of benzene rings is 1. The van der Waals surface area contributed by atoms with Gasteiger partial charge in [-0.05, 0) is 26.0 Å². The van der Waals surface area contributed by atoms with Crippen LogP contribution in [0.25, 0.3) is 0 Å². The summed E-state index contributed by atoms with van der Waals surface area (Å²) in [4.78, 5) is 0. The summed E-state index contributed by atoms with van der Waals surface area (Å²) in [6.45, 7) is 3.61. The summed E-state index contributed by atoms with van der Waals surface area (Å²) in [7, 11) is 0. The first-order valence-corrected chi connectivity index (χ1v) is 4.09. The van der Waals surface area contributed by atoms with Crippen molar-refractivity contribution in [1.29, 1.82) is 5.26 Å². The molecule has 0 spiro atoms. The van der Waals surface area contributed by atoms with Crippen LogP contribution in [0.15, 0.2) is 24.3 Å². The van der Waals surface area contributed by atoms with E-state index in [0.717, 1.165) is 5.69 Å². The van der Waals surface area contributed by atoms with Crippen LogP contribution >= 0.6 is 0 Å². The van der Waals surface area contributed by atoms with Gasteiger partial charge in [0.25, 0.3) is 0 Å². The molecule has 68 valence electrons. The van der Waals surface area contributed by atoms with E-state index in [1.807, 2.05) is 18.2 Å². The molecular formula is C10H13N3. The van der Waals surface area contributed by atoms with Crippen LogP contribution in [-0.2, 0) is 0 Å². The van der Waals surface area contributed by atoms with Crippen molar-refractivity contribution in [3.8, 4) is 6.07 Å². The fourth-order valence-corrected chi connectivity index (χ4v) is 0.975. The van der Waals surface area contributed by atoms with Crippen molar-refractivity contribution in [1.82, 2.24) is 0 Å². The second kappa shape index (κ2) is 3.36. The molecule has 0 saturated heterocycles. The lowest BCUT2D eigenvalue weighted by atomic mass is 10.1. The highest BCUT2D eigenvalue weighted by Gasteiger charge is 2.16. The Bertz CT molecular complexity index is 336. The number of nitrogen functional groups attached to an aromatic ring is 1. The Kier molecular flexibility index (Phi) is 2.43. The maximum Gasteiger partial charge on any atom is 0.119 e. The Balaban J connectivity index is 2.88. The second-order valence-electron chi connectivity index (χ2n) is 3.45. The van der Waals surface area contributed by atoms with Gasteiger partial charge < -0.3 is 11.1 Å². The molecule has 0 aliphatic heterocycles. The van der Waals surface area contributed by atoms with Crippen LogP contribution in [0.3, 0.4) is 0 Å².